The van der Waals surface area contributed by atoms with Gasteiger partial charge < -0.3 is 23.5 Å². The molecule has 0 aliphatic carbocycles. The summed E-state index contributed by atoms with van der Waals surface area (Å²) in [6, 6.07) is 11.6. The molecule has 1 amide bonds. The number of hydrogen-bond donors (Lipinski definition) is 0. The van der Waals surface area contributed by atoms with Gasteiger partial charge in [0, 0.05) is 42.2 Å². The minimum Gasteiger partial charge on any atom is -0.486 e. The number of carbonyl (C=O) groups excluding carboxylic acids is 2. The van der Waals surface area contributed by atoms with Crippen LogP contribution in [0.15, 0.2) is 51.7 Å². The predicted molar refractivity (Wildman–Crippen MR) is 111 cm³/mol. The molecule has 0 bridgehead atoms. The molecule has 8 nitrogen and oxygen atoms in total. The Hall–Kier alpha value is -3.81. The summed E-state index contributed by atoms with van der Waals surface area (Å²) in [5, 5.41) is 0.764. The highest BCUT2D eigenvalue weighted by Crippen LogP contribution is 2.36. The molecule has 2 aromatic carbocycles. The Morgan fingerprint density at radius 3 is 2.68 bits per heavy atom. The third-order valence-electron chi connectivity index (χ3n) is 5.44. The Bertz CT molecular complexity index is 1260. The lowest BCUT2D eigenvalue weighted by molar-refractivity contribution is -0.139. The van der Waals surface area contributed by atoms with E-state index in [9.17, 15) is 14.4 Å². The van der Waals surface area contributed by atoms with Crippen molar-refractivity contribution in [3.05, 3.63) is 58.4 Å². The summed E-state index contributed by atoms with van der Waals surface area (Å²) >= 11 is 0. The highest BCUT2D eigenvalue weighted by Gasteiger charge is 2.37. The Balaban J connectivity index is 1.32. The SMILES string of the molecule is Cc1cc(=O)oc2cc(OC(=O)[C@@H]3CC(=O)N(c4ccc5c(c4)OCCO5)C3)ccc12. The molecule has 158 valence electrons. The monoisotopic (exact) mass is 421 g/mol. The minimum atomic E-state index is -0.610. The van der Waals surface area contributed by atoms with Crippen molar-refractivity contribution in [2.45, 2.75) is 13.3 Å². The summed E-state index contributed by atoms with van der Waals surface area (Å²) in [5.41, 5.74) is 1.30. The van der Waals surface area contributed by atoms with E-state index in [0.717, 1.165) is 10.9 Å². The fourth-order valence-corrected chi connectivity index (χ4v) is 3.88. The topological polar surface area (TPSA) is 95.3 Å². The summed E-state index contributed by atoms with van der Waals surface area (Å²) < 4.78 is 21.8. The summed E-state index contributed by atoms with van der Waals surface area (Å²) in [7, 11) is 0. The van der Waals surface area contributed by atoms with Crippen molar-refractivity contribution in [2.75, 3.05) is 24.7 Å². The molecule has 2 aliphatic heterocycles. The molecule has 3 heterocycles. The van der Waals surface area contributed by atoms with Crippen molar-refractivity contribution < 1.29 is 28.2 Å². The predicted octanol–water partition coefficient (Wildman–Crippen LogP) is 2.83. The quantitative estimate of drug-likeness (QED) is 0.365. The van der Waals surface area contributed by atoms with Crippen molar-refractivity contribution in [1.29, 1.82) is 0 Å². The number of esters is 1. The third-order valence-corrected chi connectivity index (χ3v) is 5.44. The molecule has 5 rings (SSSR count). The second kappa shape index (κ2) is 7.46. The number of benzene rings is 2. The number of aryl methyl sites for hydroxylation is 1. The zero-order chi connectivity index (χ0) is 21.5. The number of ether oxygens (including phenoxy) is 3. The van der Waals surface area contributed by atoms with Crippen LogP contribution in [0.4, 0.5) is 5.69 Å². The zero-order valence-corrected chi connectivity index (χ0v) is 16.8. The summed E-state index contributed by atoms with van der Waals surface area (Å²) in [6.45, 7) is 2.95. The van der Waals surface area contributed by atoms with Crippen LogP contribution in [0.5, 0.6) is 17.2 Å². The number of amides is 1. The molecule has 1 fully saturated rings. The second-order valence-corrected chi connectivity index (χ2v) is 7.56. The van der Waals surface area contributed by atoms with Crippen LogP contribution in [0.3, 0.4) is 0 Å². The minimum absolute atomic E-state index is 0.0506. The van der Waals surface area contributed by atoms with Crippen LogP contribution in [-0.4, -0.2) is 31.6 Å². The molecular weight excluding hydrogens is 402 g/mol. The molecule has 1 saturated heterocycles. The van der Waals surface area contributed by atoms with E-state index in [-0.39, 0.29) is 24.6 Å². The maximum Gasteiger partial charge on any atom is 0.336 e. The van der Waals surface area contributed by atoms with Crippen molar-refractivity contribution in [1.82, 2.24) is 0 Å². The van der Waals surface area contributed by atoms with Gasteiger partial charge in [-0.05, 0) is 36.8 Å². The molecule has 0 radical (unpaired) electrons. The van der Waals surface area contributed by atoms with Gasteiger partial charge in [0.05, 0.1) is 5.92 Å². The smallest absolute Gasteiger partial charge is 0.336 e. The Morgan fingerprint density at radius 2 is 1.84 bits per heavy atom. The summed E-state index contributed by atoms with van der Waals surface area (Å²) in [4.78, 5) is 38.4. The first-order chi connectivity index (χ1) is 15.0. The molecule has 1 aromatic heterocycles. The van der Waals surface area contributed by atoms with Crippen molar-refractivity contribution >= 4 is 28.5 Å². The second-order valence-electron chi connectivity index (χ2n) is 7.56. The van der Waals surface area contributed by atoms with E-state index in [1.807, 2.05) is 6.92 Å². The first-order valence-corrected chi connectivity index (χ1v) is 9.94. The van der Waals surface area contributed by atoms with Crippen LogP contribution in [-0.2, 0) is 9.59 Å². The van der Waals surface area contributed by atoms with E-state index in [4.69, 9.17) is 18.6 Å². The van der Waals surface area contributed by atoms with Gasteiger partial charge in [-0.2, -0.15) is 0 Å². The van der Waals surface area contributed by atoms with Gasteiger partial charge in [0.1, 0.15) is 24.5 Å². The highest BCUT2D eigenvalue weighted by molar-refractivity contribution is 6.00. The molecule has 8 heteroatoms. The first-order valence-electron chi connectivity index (χ1n) is 9.94. The van der Waals surface area contributed by atoms with Gasteiger partial charge in [-0.25, -0.2) is 4.79 Å². The summed E-state index contributed by atoms with van der Waals surface area (Å²) in [5.74, 6) is 0.185. The van der Waals surface area contributed by atoms with Gasteiger partial charge in [-0.1, -0.05) is 0 Å². The number of hydrogen-bond acceptors (Lipinski definition) is 7. The third kappa shape index (κ3) is 3.61. The average Bonchev–Trinajstić information content (AvgIpc) is 3.15. The van der Waals surface area contributed by atoms with E-state index in [1.165, 1.54) is 12.1 Å². The molecular formula is C23H19NO7. The van der Waals surface area contributed by atoms with Crippen molar-refractivity contribution in [2.24, 2.45) is 5.92 Å². The molecule has 2 aliphatic rings. The van der Waals surface area contributed by atoms with Crippen LogP contribution < -0.4 is 24.7 Å². The number of carbonyl (C=O) groups is 2. The average molecular weight is 421 g/mol. The maximum atomic E-state index is 12.7. The lowest BCUT2D eigenvalue weighted by Gasteiger charge is -2.22. The van der Waals surface area contributed by atoms with E-state index >= 15 is 0 Å². The molecule has 1 atom stereocenters. The van der Waals surface area contributed by atoms with Crippen molar-refractivity contribution in [3.8, 4) is 17.2 Å². The van der Waals surface area contributed by atoms with Gasteiger partial charge in [-0.3, -0.25) is 9.59 Å². The van der Waals surface area contributed by atoms with Crippen LogP contribution in [0, 0.1) is 12.8 Å². The fourth-order valence-electron chi connectivity index (χ4n) is 3.88. The molecule has 0 spiro atoms. The molecule has 0 unspecified atom stereocenters. The van der Waals surface area contributed by atoms with E-state index in [2.05, 4.69) is 0 Å². The fraction of sp³-hybridized carbons (Fsp3) is 0.261. The largest absolute Gasteiger partial charge is 0.486 e. The Kier molecular flexibility index (Phi) is 4.62. The van der Waals surface area contributed by atoms with Gasteiger partial charge >= 0.3 is 11.6 Å². The van der Waals surface area contributed by atoms with Gasteiger partial charge in [0.15, 0.2) is 11.5 Å². The zero-order valence-electron chi connectivity index (χ0n) is 16.8. The Morgan fingerprint density at radius 1 is 1.03 bits per heavy atom. The van der Waals surface area contributed by atoms with Gasteiger partial charge in [0.25, 0.3) is 0 Å². The van der Waals surface area contributed by atoms with E-state index in [0.29, 0.717) is 36.0 Å². The number of rotatable bonds is 3. The maximum absolute atomic E-state index is 12.7. The van der Waals surface area contributed by atoms with Crippen LogP contribution >= 0.6 is 0 Å². The van der Waals surface area contributed by atoms with Crippen LogP contribution in [0.2, 0.25) is 0 Å². The lowest BCUT2D eigenvalue weighted by atomic mass is 10.1. The van der Waals surface area contributed by atoms with Crippen molar-refractivity contribution in [3.63, 3.8) is 0 Å². The number of nitrogens with zero attached hydrogens (tertiary/aromatic N) is 1. The molecule has 0 N–H and O–H groups in total. The van der Waals surface area contributed by atoms with Crippen LogP contribution in [0.1, 0.15) is 12.0 Å². The number of anilines is 1. The van der Waals surface area contributed by atoms with E-state index in [1.54, 1.807) is 35.2 Å². The van der Waals surface area contributed by atoms with Gasteiger partial charge in [-0.15, -0.1) is 0 Å². The number of fused-ring (bicyclic) bond motifs is 2. The Labute approximate surface area is 176 Å². The molecule has 0 saturated carbocycles. The normalized spacial score (nSPS) is 17.8. The first kappa shape index (κ1) is 19.2. The molecule has 3 aromatic rings. The standard InChI is InChI=1S/C23H19NO7/c1-13-8-22(26)31-19-11-16(3-4-17(13)19)30-23(27)14-9-21(25)24(12-14)15-2-5-18-20(10-15)29-7-6-28-18/h2-5,8,10-11,14H,6-7,9,12H2,1H3/t14-/m1/s1. The molecule has 31 heavy (non-hydrogen) atoms. The highest BCUT2D eigenvalue weighted by atomic mass is 16.6. The summed E-state index contributed by atoms with van der Waals surface area (Å²) in [6.07, 6.45) is 0.0506. The lowest BCUT2D eigenvalue weighted by Crippen LogP contribution is -2.27. The van der Waals surface area contributed by atoms with Gasteiger partial charge in [0.2, 0.25) is 5.91 Å². The van der Waals surface area contributed by atoms with E-state index < -0.39 is 17.5 Å². The van der Waals surface area contributed by atoms with Crippen LogP contribution in [0.25, 0.3) is 11.0 Å².